The monoisotopic (exact) mass is 590 g/mol. The van der Waals surface area contributed by atoms with Crippen LogP contribution in [0.25, 0.3) is 11.3 Å². The zero-order chi connectivity index (χ0) is 27.8. The van der Waals surface area contributed by atoms with Crippen molar-refractivity contribution in [2.24, 2.45) is 4.99 Å². The third-order valence-corrected chi connectivity index (χ3v) is 7.56. The molecule has 10 heteroatoms. The summed E-state index contributed by atoms with van der Waals surface area (Å²) in [6, 6.07) is 17.5. The number of halogens is 3. The van der Waals surface area contributed by atoms with Crippen LogP contribution in [0.15, 0.2) is 71.9 Å². The van der Waals surface area contributed by atoms with Gasteiger partial charge in [0, 0.05) is 64.8 Å². The average Bonchev–Trinajstić information content (AvgIpc) is 3.10. The summed E-state index contributed by atoms with van der Waals surface area (Å²) in [5.74, 6) is -0.0748. The Morgan fingerprint density at radius 1 is 1.10 bits per heavy atom. The van der Waals surface area contributed by atoms with E-state index in [4.69, 9.17) is 33.2 Å². The molecule has 1 fully saturated rings. The number of hydrogen-bond acceptors (Lipinski definition) is 6. The lowest BCUT2D eigenvalue weighted by Gasteiger charge is -2.32. The number of nitrogens with one attached hydrogen (secondary N) is 2. The summed E-state index contributed by atoms with van der Waals surface area (Å²) in [5, 5.41) is 7.33. The maximum Gasteiger partial charge on any atom is 0.253 e. The fraction of sp³-hybridized carbons (Fsp3) is 0.226. The largest absolute Gasteiger partial charge is 0.336 e. The molecule has 1 atom stereocenters. The van der Waals surface area contributed by atoms with Crippen molar-refractivity contribution in [2.45, 2.75) is 26.9 Å². The fourth-order valence-electron chi connectivity index (χ4n) is 5.05. The number of carbonyl (C=O) groups is 1. The van der Waals surface area contributed by atoms with Gasteiger partial charge in [0.2, 0.25) is 5.95 Å². The van der Waals surface area contributed by atoms with Crippen LogP contribution in [0, 0.1) is 5.82 Å². The minimum absolute atomic E-state index is 0. The molecule has 0 aliphatic carbocycles. The number of carbonyl (C=O) groups excluding carboxylic acids is 1. The summed E-state index contributed by atoms with van der Waals surface area (Å²) < 4.78 is 14.9. The number of aromatic nitrogens is 2. The predicted molar refractivity (Wildman–Crippen MR) is 163 cm³/mol. The normalized spacial score (nSPS) is 16.0. The first-order valence-corrected chi connectivity index (χ1v) is 13.7. The van der Waals surface area contributed by atoms with Crippen molar-refractivity contribution >= 4 is 46.5 Å². The molecule has 1 saturated heterocycles. The van der Waals surface area contributed by atoms with Crippen molar-refractivity contribution in [1.82, 2.24) is 20.2 Å². The molecule has 4 aromatic rings. The molecule has 6 rings (SSSR count). The van der Waals surface area contributed by atoms with E-state index in [9.17, 15) is 9.18 Å². The Kier molecular flexibility index (Phi) is 8.35. The first-order chi connectivity index (χ1) is 19.4. The number of piperazine rings is 1. The van der Waals surface area contributed by atoms with Gasteiger partial charge >= 0.3 is 0 Å². The maximum atomic E-state index is 14.9. The lowest BCUT2D eigenvalue weighted by atomic mass is 9.95. The zero-order valence-electron chi connectivity index (χ0n) is 21.6. The van der Waals surface area contributed by atoms with Gasteiger partial charge in [-0.05, 0) is 55.5 Å². The molecule has 3 heterocycles. The molecule has 0 saturated carbocycles. The first kappa shape index (κ1) is 28.7. The van der Waals surface area contributed by atoms with Crippen LogP contribution >= 0.6 is 23.2 Å². The van der Waals surface area contributed by atoms with E-state index in [0.717, 1.165) is 23.4 Å². The molecule has 3 aromatic carbocycles. The molecule has 2 N–H and O–H groups in total. The number of nitrogens with zero attached hydrogens (tertiary/aromatic N) is 4. The third-order valence-electron chi connectivity index (χ3n) is 7.01. The molecule has 1 amide bonds. The average molecular weight is 592 g/mol. The second kappa shape index (κ2) is 11.9. The van der Waals surface area contributed by atoms with Gasteiger partial charge in [-0.1, -0.05) is 42.8 Å². The van der Waals surface area contributed by atoms with E-state index in [1.807, 2.05) is 23.1 Å². The number of benzene rings is 3. The van der Waals surface area contributed by atoms with Crippen molar-refractivity contribution in [1.29, 1.82) is 0 Å². The SMILES string of the molecule is C.CC1CN(C(=O)c2ccc(Nc3ncc4c(n3)-c3ccc(Cl)cc3C(c3c(F)cccc3Cl)=NC4)cc2)CCN1. The van der Waals surface area contributed by atoms with Crippen molar-refractivity contribution in [2.75, 3.05) is 25.0 Å². The van der Waals surface area contributed by atoms with Crippen molar-refractivity contribution < 1.29 is 9.18 Å². The van der Waals surface area contributed by atoms with Crippen LogP contribution in [0.1, 0.15) is 41.4 Å². The zero-order valence-corrected chi connectivity index (χ0v) is 23.1. The molecular formula is C31H29Cl2FN6O. The van der Waals surface area contributed by atoms with Crippen LogP contribution in [0.3, 0.4) is 0 Å². The predicted octanol–water partition coefficient (Wildman–Crippen LogP) is 6.75. The van der Waals surface area contributed by atoms with Crippen LogP contribution in [0.4, 0.5) is 16.0 Å². The Bertz CT molecular complexity index is 1620. The number of amides is 1. The van der Waals surface area contributed by atoms with E-state index >= 15 is 0 Å². The van der Waals surface area contributed by atoms with Crippen LogP contribution in [-0.2, 0) is 6.54 Å². The smallest absolute Gasteiger partial charge is 0.253 e. The molecule has 7 nitrogen and oxygen atoms in total. The summed E-state index contributed by atoms with van der Waals surface area (Å²) >= 11 is 12.8. The molecule has 0 spiro atoms. The highest BCUT2D eigenvalue weighted by Gasteiger charge is 2.25. The molecule has 210 valence electrons. The minimum atomic E-state index is -0.468. The van der Waals surface area contributed by atoms with Gasteiger partial charge in [0.25, 0.3) is 5.91 Å². The van der Waals surface area contributed by atoms with E-state index in [0.29, 0.717) is 46.6 Å². The highest BCUT2D eigenvalue weighted by Crippen LogP contribution is 2.35. The van der Waals surface area contributed by atoms with Gasteiger partial charge < -0.3 is 15.5 Å². The van der Waals surface area contributed by atoms with Gasteiger partial charge in [0.15, 0.2) is 0 Å². The summed E-state index contributed by atoms with van der Waals surface area (Å²) in [7, 11) is 0. The summed E-state index contributed by atoms with van der Waals surface area (Å²) in [4.78, 5) is 28.8. The maximum absolute atomic E-state index is 14.9. The van der Waals surface area contributed by atoms with Crippen molar-refractivity contribution in [3.8, 4) is 11.3 Å². The molecular weight excluding hydrogens is 562 g/mol. The Hall–Kier alpha value is -3.85. The second-order valence-corrected chi connectivity index (χ2v) is 10.7. The van der Waals surface area contributed by atoms with E-state index in [-0.39, 0.29) is 36.5 Å². The highest BCUT2D eigenvalue weighted by atomic mass is 35.5. The highest BCUT2D eigenvalue weighted by molar-refractivity contribution is 6.36. The van der Waals surface area contributed by atoms with Crippen LogP contribution in [0.2, 0.25) is 10.0 Å². The minimum Gasteiger partial charge on any atom is -0.336 e. The molecule has 41 heavy (non-hydrogen) atoms. The van der Waals surface area contributed by atoms with Gasteiger partial charge in [0.1, 0.15) is 5.82 Å². The third kappa shape index (κ3) is 5.81. The van der Waals surface area contributed by atoms with Gasteiger partial charge in [-0.15, -0.1) is 0 Å². The Morgan fingerprint density at radius 3 is 2.66 bits per heavy atom. The molecule has 0 bridgehead atoms. The summed E-state index contributed by atoms with van der Waals surface area (Å²) in [6.45, 7) is 4.47. The molecule has 1 aromatic heterocycles. The number of aliphatic imine (C=N–C) groups is 1. The van der Waals surface area contributed by atoms with Crippen molar-refractivity contribution in [3.05, 3.63) is 105 Å². The number of anilines is 2. The van der Waals surface area contributed by atoms with E-state index in [2.05, 4.69) is 22.5 Å². The van der Waals surface area contributed by atoms with Gasteiger partial charge in [-0.2, -0.15) is 0 Å². The number of rotatable bonds is 4. The first-order valence-electron chi connectivity index (χ1n) is 12.9. The fourth-order valence-corrected chi connectivity index (χ4v) is 5.47. The van der Waals surface area contributed by atoms with E-state index in [1.165, 1.54) is 6.07 Å². The lowest BCUT2D eigenvalue weighted by molar-refractivity contribution is 0.0709. The quantitative estimate of drug-likeness (QED) is 0.274. The van der Waals surface area contributed by atoms with Crippen LogP contribution < -0.4 is 10.6 Å². The molecule has 2 aliphatic rings. The van der Waals surface area contributed by atoms with Crippen LogP contribution in [0.5, 0.6) is 0 Å². The van der Waals surface area contributed by atoms with E-state index in [1.54, 1.807) is 42.6 Å². The second-order valence-electron chi connectivity index (χ2n) is 9.83. The van der Waals surface area contributed by atoms with Gasteiger partial charge in [-0.3, -0.25) is 9.79 Å². The lowest BCUT2D eigenvalue weighted by Crippen LogP contribution is -2.51. The van der Waals surface area contributed by atoms with Gasteiger partial charge in [-0.25, -0.2) is 14.4 Å². The molecule has 0 radical (unpaired) electrons. The Labute approximate surface area is 248 Å². The summed E-state index contributed by atoms with van der Waals surface area (Å²) in [5.41, 5.74) is 4.82. The van der Waals surface area contributed by atoms with Gasteiger partial charge in [0.05, 0.1) is 28.5 Å². The Morgan fingerprint density at radius 2 is 1.90 bits per heavy atom. The summed E-state index contributed by atoms with van der Waals surface area (Å²) in [6.07, 6.45) is 1.71. The standard InChI is InChI=1S/C30H25Cl2FN6O.CH4/c1-17-16-39(12-11-34-17)29(40)18-5-8-21(9-6-18)37-30-36-15-19-14-35-28(26-24(32)3-2-4-25(26)33)23-13-20(31)7-10-22(23)27(19)38-30;/h2-10,13,15,17,34H,11-12,14,16H2,1H3,(H,36,37,38);1H4. The number of fused-ring (bicyclic) bond motifs is 3. The number of hydrogen-bond donors (Lipinski definition) is 2. The topological polar surface area (TPSA) is 82.5 Å². The van der Waals surface area contributed by atoms with E-state index < -0.39 is 5.82 Å². The Balaban J connectivity index is 0.00000337. The van der Waals surface area contributed by atoms with Crippen LogP contribution in [-0.4, -0.2) is 52.2 Å². The molecule has 1 unspecified atom stereocenters. The molecule has 2 aliphatic heterocycles. The van der Waals surface area contributed by atoms with Crippen molar-refractivity contribution in [3.63, 3.8) is 0 Å².